The van der Waals surface area contributed by atoms with E-state index in [-0.39, 0.29) is 17.9 Å². The Hall–Kier alpha value is -1.35. The number of hydrogen-bond donors (Lipinski definition) is 2. The van der Waals surface area contributed by atoms with Gasteiger partial charge in [-0.3, -0.25) is 4.79 Å². The number of nitrogens with one attached hydrogen (secondary N) is 1. The molecule has 3 N–H and O–H groups in total. The van der Waals surface area contributed by atoms with Crippen molar-refractivity contribution in [1.82, 2.24) is 5.32 Å². The van der Waals surface area contributed by atoms with Crippen LogP contribution in [0, 0.1) is 12.8 Å². The van der Waals surface area contributed by atoms with Crippen LogP contribution in [0.5, 0.6) is 0 Å². The molecule has 0 aromatic heterocycles. The number of carbonyl (C=O) groups is 1. The van der Waals surface area contributed by atoms with Gasteiger partial charge in [0.25, 0.3) is 0 Å². The van der Waals surface area contributed by atoms with Crippen molar-refractivity contribution in [3.05, 3.63) is 35.4 Å². The molecule has 18 heavy (non-hydrogen) atoms. The molecule has 0 spiro atoms. The summed E-state index contributed by atoms with van der Waals surface area (Å²) in [6, 6.07) is 8.41. The first-order valence-electron chi connectivity index (χ1n) is 6.62. The lowest BCUT2D eigenvalue weighted by Gasteiger charge is -2.19. The number of rotatable bonds is 6. The van der Waals surface area contributed by atoms with Crippen molar-refractivity contribution in [2.75, 3.05) is 6.54 Å². The van der Waals surface area contributed by atoms with Gasteiger partial charge in [-0.15, -0.1) is 0 Å². The predicted octanol–water partition coefficient (Wildman–Crippen LogP) is 2.55. The van der Waals surface area contributed by atoms with Crippen LogP contribution in [0.4, 0.5) is 0 Å². The Balaban J connectivity index is 2.61. The van der Waals surface area contributed by atoms with E-state index >= 15 is 0 Å². The van der Waals surface area contributed by atoms with Gasteiger partial charge in [0.05, 0.1) is 6.04 Å². The fourth-order valence-electron chi connectivity index (χ4n) is 1.87. The summed E-state index contributed by atoms with van der Waals surface area (Å²) in [5, 5.41) is 3.07. The summed E-state index contributed by atoms with van der Waals surface area (Å²) in [7, 11) is 0. The molecule has 0 aliphatic heterocycles. The van der Waals surface area contributed by atoms with E-state index in [1.807, 2.05) is 6.92 Å². The molecule has 0 radical (unpaired) electrons. The van der Waals surface area contributed by atoms with E-state index in [1.165, 1.54) is 5.56 Å². The molecule has 0 heterocycles. The maximum atomic E-state index is 11.9. The second-order valence-corrected chi connectivity index (χ2v) is 4.98. The average molecular weight is 248 g/mol. The number of hydrogen-bond acceptors (Lipinski definition) is 2. The molecule has 0 saturated carbocycles. The van der Waals surface area contributed by atoms with Crippen molar-refractivity contribution < 1.29 is 4.79 Å². The quantitative estimate of drug-likeness (QED) is 0.813. The second-order valence-electron chi connectivity index (χ2n) is 4.98. The van der Waals surface area contributed by atoms with Gasteiger partial charge in [0.1, 0.15) is 0 Å². The molecule has 1 aromatic rings. The summed E-state index contributed by atoms with van der Waals surface area (Å²) in [6.45, 7) is 6.69. The molecule has 3 nitrogen and oxygen atoms in total. The topological polar surface area (TPSA) is 55.1 Å². The van der Waals surface area contributed by atoms with Crippen molar-refractivity contribution >= 4 is 5.91 Å². The molecule has 0 fully saturated rings. The van der Waals surface area contributed by atoms with Crippen molar-refractivity contribution in [1.29, 1.82) is 0 Å². The molecule has 1 aromatic carbocycles. The van der Waals surface area contributed by atoms with Gasteiger partial charge in [-0.1, -0.05) is 43.7 Å². The third kappa shape index (κ3) is 4.49. The highest BCUT2D eigenvalue weighted by molar-refractivity contribution is 5.76. The molecule has 0 saturated heterocycles. The minimum atomic E-state index is 0.0837. The molecule has 100 valence electrons. The Kier molecular flexibility index (Phi) is 5.86. The fourth-order valence-corrected chi connectivity index (χ4v) is 1.87. The van der Waals surface area contributed by atoms with Gasteiger partial charge in [0.15, 0.2) is 0 Å². The highest BCUT2D eigenvalue weighted by Crippen LogP contribution is 2.17. The number of aryl methyl sites for hydroxylation is 1. The smallest absolute Gasteiger partial charge is 0.220 e. The van der Waals surface area contributed by atoms with Crippen LogP contribution >= 0.6 is 0 Å². The lowest BCUT2D eigenvalue weighted by molar-refractivity contribution is -0.122. The molecule has 1 rings (SSSR count). The van der Waals surface area contributed by atoms with E-state index in [9.17, 15) is 4.79 Å². The van der Waals surface area contributed by atoms with Gasteiger partial charge in [-0.05, 0) is 31.4 Å². The van der Waals surface area contributed by atoms with Crippen LogP contribution < -0.4 is 11.1 Å². The Morgan fingerprint density at radius 2 is 1.94 bits per heavy atom. The molecule has 3 heteroatoms. The zero-order valence-corrected chi connectivity index (χ0v) is 11.6. The minimum absolute atomic E-state index is 0.0837. The highest BCUT2D eigenvalue weighted by atomic mass is 16.1. The summed E-state index contributed by atoms with van der Waals surface area (Å²) in [5.74, 6) is 0.320. The highest BCUT2D eigenvalue weighted by Gasteiger charge is 2.14. The van der Waals surface area contributed by atoms with Crippen LogP contribution in [0.15, 0.2) is 24.3 Å². The van der Waals surface area contributed by atoms with Crippen molar-refractivity contribution in [2.45, 2.75) is 39.7 Å². The lowest BCUT2D eigenvalue weighted by Crippen LogP contribution is -2.30. The first-order chi connectivity index (χ1) is 8.56. The van der Waals surface area contributed by atoms with E-state index in [0.717, 1.165) is 12.0 Å². The first-order valence-corrected chi connectivity index (χ1v) is 6.62. The molecular weight excluding hydrogens is 224 g/mol. The summed E-state index contributed by atoms with van der Waals surface area (Å²) < 4.78 is 0. The normalized spacial score (nSPS) is 14.0. The molecule has 2 unspecified atom stereocenters. The van der Waals surface area contributed by atoms with Crippen molar-refractivity contribution in [2.24, 2.45) is 11.7 Å². The Labute approximate surface area is 110 Å². The Morgan fingerprint density at radius 1 is 1.33 bits per heavy atom. The largest absolute Gasteiger partial charge is 0.349 e. The number of benzene rings is 1. The standard InChI is InChI=1S/C15H24N2O/c1-4-14(13-7-5-11(2)6-8-13)17-15(18)9-12(3)10-16/h5-8,12,14H,4,9-10,16H2,1-3H3,(H,17,18). The average Bonchev–Trinajstić information content (AvgIpc) is 2.37. The summed E-state index contributed by atoms with van der Waals surface area (Å²) in [6.07, 6.45) is 1.39. The maximum absolute atomic E-state index is 11.9. The SMILES string of the molecule is CCC(NC(=O)CC(C)CN)c1ccc(C)cc1. The third-order valence-corrected chi connectivity index (χ3v) is 3.16. The molecule has 1 amide bonds. The lowest BCUT2D eigenvalue weighted by atomic mass is 10.0. The van der Waals surface area contributed by atoms with Gasteiger partial charge in [0.2, 0.25) is 5.91 Å². The second kappa shape index (κ2) is 7.17. The van der Waals surface area contributed by atoms with Crippen LogP contribution in [0.1, 0.15) is 43.9 Å². The van der Waals surface area contributed by atoms with Gasteiger partial charge in [-0.25, -0.2) is 0 Å². The fraction of sp³-hybridized carbons (Fsp3) is 0.533. The Morgan fingerprint density at radius 3 is 2.44 bits per heavy atom. The molecule has 0 aliphatic carbocycles. The monoisotopic (exact) mass is 248 g/mol. The molecule has 0 aliphatic rings. The van der Waals surface area contributed by atoms with Gasteiger partial charge in [-0.2, -0.15) is 0 Å². The van der Waals surface area contributed by atoms with Crippen LogP contribution in [-0.4, -0.2) is 12.5 Å². The zero-order valence-electron chi connectivity index (χ0n) is 11.6. The van der Waals surface area contributed by atoms with Crippen LogP contribution in [-0.2, 0) is 4.79 Å². The summed E-state index contributed by atoms with van der Waals surface area (Å²) in [4.78, 5) is 11.9. The van der Waals surface area contributed by atoms with Crippen LogP contribution in [0.2, 0.25) is 0 Å². The van der Waals surface area contributed by atoms with Crippen LogP contribution in [0.25, 0.3) is 0 Å². The first kappa shape index (κ1) is 14.7. The van der Waals surface area contributed by atoms with Crippen molar-refractivity contribution in [3.8, 4) is 0 Å². The van der Waals surface area contributed by atoms with Gasteiger partial charge >= 0.3 is 0 Å². The number of amides is 1. The number of carbonyl (C=O) groups excluding carboxylic acids is 1. The van der Waals surface area contributed by atoms with Crippen LogP contribution in [0.3, 0.4) is 0 Å². The van der Waals surface area contributed by atoms with E-state index in [4.69, 9.17) is 5.73 Å². The van der Waals surface area contributed by atoms with Gasteiger partial charge in [0, 0.05) is 6.42 Å². The molecular formula is C15H24N2O. The number of nitrogens with two attached hydrogens (primary N) is 1. The predicted molar refractivity (Wildman–Crippen MR) is 75.2 cm³/mol. The minimum Gasteiger partial charge on any atom is -0.349 e. The van der Waals surface area contributed by atoms with E-state index in [1.54, 1.807) is 0 Å². The third-order valence-electron chi connectivity index (χ3n) is 3.16. The zero-order chi connectivity index (χ0) is 13.5. The molecule has 2 atom stereocenters. The van der Waals surface area contributed by atoms with E-state index in [0.29, 0.717) is 13.0 Å². The Bertz CT molecular complexity index is 373. The van der Waals surface area contributed by atoms with Gasteiger partial charge < -0.3 is 11.1 Å². The maximum Gasteiger partial charge on any atom is 0.220 e. The van der Waals surface area contributed by atoms with Crippen molar-refractivity contribution in [3.63, 3.8) is 0 Å². The summed E-state index contributed by atoms with van der Waals surface area (Å²) in [5.41, 5.74) is 7.93. The van der Waals surface area contributed by atoms with E-state index in [2.05, 4.69) is 43.4 Å². The molecule has 0 bridgehead atoms. The van der Waals surface area contributed by atoms with E-state index < -0.39 is 0 Å². The summed E-state index contributed by atoms with van der Waals surface area (Å²) >= 11 is 0.